The van der Waals surface area contributed by atoms with Gasteiger partial charge in [-0.15, -0.1) is 5.10 Å². The molecule has 148 valence electrons. The molecule has 0 aromatic heterocycles. The maximum atomic E-state index is 13.3. The van der Waals surface area contributed by atoms with Crippen molar-refractivity contribution in [2.75, 3.05) is 0 Å². The molecule has 3 rings (SSSR count). The fraction of sp³-hybridized carbons (Fsp3) is 0.231. The zero-order valence-corrected chi connectivity index (χ0v) is 17.2. The van der Waals surface area contributed by atoms with Gasteiger partial charge in [-0.1, -0.05) is 91.3 Å². The first kappa shape index (κ1) is 20.7. The Morgan fingerprint density at radius 3 is 2.10 bits per heavy atom. The van der Waals surface area contributed by atoms with Crippen LogP contribution < -0.4 is 0 Å². The van der Waals surface area contributed by atoms with Gasteiger partial charge in [-0.25, -0.2) is 4.39 Å². The number of nitrogens with zero attached hydrogens (tertiary/aromatic N) is 2. The molecule has 0 fully saturated rings. The fourth-order valence-corrected chi connectivity index (χ4v) is 3.28. The second kappa shape index (κ2) is 9.92. The number of hydrogen-bond acceptors (Lipinski definition) is 2. The normalized spacial score (nSPS) is 14.1. The number of alkyl halides is 1. The highest BCUT2D eigenvalue weighted by molar-refractivity contribution is 6.13. The Bertz CT molecular complexity index is 956. The van der Waals surface area contributed by atoms with Gasteiger partial charge in [-0.05, 0) is 37.3 Å². The van der Waals surface area contributed by atoms with E-state index in [0.29, 0.717) is 6.42 Å². The molecule has 3 aromatic carbocycles. The smallest absolute Gasteiger partial charge is 0.100 e. The van der Waals surface area contributed by atoms with E-state index in [0.717, 1.165) is 28.0 Å². The van der Waals surface area contributed by atoms with Crippen LogP contribution in [0.2, 0.25) is 0 Å². The molecule has 0 amide bonds. The molecule has 29 heavy (non-hydrogen) atoms. The Morgan fingerprint density at radius 2 is 1.48 bits per heavy atom. The molecule has 3 aromatic rings. The maximum absolute atomic E-state index is 13.3. The first-order valence-electron chi connectivity index (χ1n) is 10.0. The summed E-state index contributed by atoms with van der Waals surface area (Å²) in [6.07, 6.45) is 1.49. The first-order chi connectivity index (χ1) is 14.0. The summed E-state index contributed by atoms with van der Waals surface area (Å²) in [5, 5.41) is 8.87. The Morgan fingerprint density at radius 1 is 0.862 bits per heavy atom. The molecule has 2 atom stereocenters. The van der Waals surface area contributed by atoms with Gasteiger partial charge >= 0.3 is 0 Å². The van der Waals surface area contributed by atoms with Gasteiger partial charge in [0.2, 0.25) is 0 Å². The molecule has 3 heteroatoms. The van der Waals surface area contributed by atoms with E-state index in [4.69, 9.17) is 0 Å². The highest BCUT2D eigenvalue weighted by atomic mass is 19.1. The van der Waals surface area contributed by atoms with Crippen molar-refractivity contribution in [2.45, 2.75) is 39.3 Å². The van der Waals surface area contributed by atoms with Crippen LogP contribution in [0.4, 0.5) is 4.39 Å². The van der Waals surface area contributed by atoms with E-state index in [-0.39, 0.29) is 5.92 Å². The number of aryl methyl sites for hydroxylation is 1. The van der Waals surface area contributed by atoms with Crippen LogP contribution >= 0.6 is 0 Å². The average Bonchev–Trinajstić information content (AvgIpc) is 2.73. The van der Waals surface area contributed by atoms with Crippen LogP contribution in [0, 0.1) is 6.92 Å². The van der Waals surface area contributed by atoms with E-state index < -0.39 is 6.17 Å². The Hall–Kier alpha value is -3.07. The van der Waals surface area contributed by atoms with Crippen LogP contribution in [-0.4, -0.2) is 18.1 Å². The van der Waals surface area contributed by atoms with Crippen LogP contribution in [0.15, 0.2) is 89.1 Å². The van der Waals surface area contributed by atoms with Crippen molar-refractivity contribution in [1.82, 2.24) is 0 Å². The van der Waals surface area contributed by atoms with Crippen molar-refractivity contribution >= 4 is 11.9 Å². The maximum Gasteiger partial charge on any atom is 0.100 e. The summed E-state index contributed by atoms with van der Waals surface area (Å²) in [6.45, 7) is 5.73. The Balaban J connectivity index is 1.89. The predicted octanol–water partition coefficient (Wildman–Crippen LogP) is 6.72. The molecular weight excluding hydrogens is 359 g/mol. The Kier molecular flexibility index (Phi) is 7.07. The standard InChI is InChI=1S/C26H27FN2/c1-19-9-11-22(12-10-19)18-28-29-26(24-7-5-4-6-8-24)25-15-13-23(14-16-25)20(2)17-21(3)27/h4-16,18,20-21H,17H2,1-3H3. The van der Waals surface area contributed by atoms with E-state index in [1.165, 1.54) is 5.56 Å². The van der Waals surface area contributed by atoms with Crippen LogP contribution in [0.25, 0.3) is 0 Å². The SMILES string of the molecule is Cc1ccc(C=NN=C(c2ccccc2)c2ccc(C(C)CC(C)F)cc2)cc1. The topological polar surface area (TPSA) is 24.7 Å². The van der Waals surface area contributed by atoms with Gasteiger partial charge in [0.25, 0.3) is 0 Å². The molecule has 0 aliphatic rings. The zero-order chi connectivity index (χ0) is 20.6. The van der Waals surface area contributed by atoms with Crippen molar-refractivity contribution in [3.63, 3.8) is 0 Å². The predicted molar refractivity (Wildman–Crippen MR) is 121 cm³/mol. The summed E-state index contributed by atoms with van der Waals surface area (Å²) in [6, 6.07) is 26.4. The zero-order valence-electron chi connectivity index (χ0n) is 17.2. The average molecular weight is 387 g/mol. The van der Waals surface area contributed by atoms with Gasteiger partial charge in [0, 0.05) is 11.1 Å². The fourth-order valence-electron chi connectivity index (χ4n) is 3.28. The summed E-state index contributed by atoms with van der Waals surface area (Å²) in [5.41, 5.74) is 6.16. The molecule has 0 saturated heterocycles. The molecule has 0 aliphatic heterocycles. The third-order valence-electron chi connectivity index (χ3n) is 4.92. The summed E-state index contributed by atoms with van der Waals surface area (Å²) in [7, 11) is 0. The molecule has 0 heterocycles. The van der Waals surface area contributed by atoms with Crippen LogP contribution in [0.3, 0.4) is 0 Å². The quantitative estimate of drug-likeness (QED) is 0.318. The third kappa shape index (κ3) is 5.95. The molecule has 2 unspecified atom stereocenters. The van der Waals surface area contributed by atoms with Crippen LogP contribution in [0.5, 0.6) is 0 Å². The molecule has 0 N–H and O–H groups in total. The van der Waals surface area contributed by atoms with Gasteiger partial charge in [0.1, 0.15) is 5.71 Å². The second-order valence-electron chi connectivity index (χ2n) is 7.51. The number of hydrogen-bond donors (Lipinski definition) is 0. The summed E-state index contributed by atoms with van der Waals surface area (Å²) in [4.78, 5) is 0. The lowest BCUT2D eigenvalue weighted by Gasteiger charge is -2.13. The molecular formula is C26H27FN2. The molecule has 0 spiro atoms. The van der Waals surface area contributed by atoms with Crippen molar-refractivity contribution in [2.24, 2.45) is 10.2 Å². The molecule has 0 saturated carbocycles. The summed E-state index contributed by atoms with van der Waals surface area (Å²) >= 11 is 0. The first-order valence-corrected chi connectivity index (χ1v) is 10.0. The van der Waals surface area contributed by atoms with Gasteiger partial charge in [-0.3, -0.25) is 0 Å². The van der Waals surface area contributed by atoms with Crippen molar-refractivity contribution in [1.29, 1.82) is 0 Å². The van der Waals surface area contributed by atoms with E-state index in [9.17, 15) is 4.39 Å². The second-order valence-corrected chi connectivity index (χ2v) is 7.51. The monoisotopic (exact) mass is 386 g/mol. The van der Waals surface area contributed by atoms with Crippen LogP contribution in [0.1, 0.15) is 54.0 Å². The lowest BCUT2D eigenvalue weighted by atomic mass is 9.93. The minimum absolute atomic E-state index is 0.181. The van der Waals surface area contributed by atoms with Gasteiger partial charge < -0.3 is 0 Å². The number of rotatable bonds is 7. The number of halogens is 1. The summed E-state index contributed by atoms with van der Waals surface area (Å²) in [5.74, 6) is 0.181. The van der Waals surface area contributed by atoms with E-state index >= 15 is 0 Å². The molecule has 2 nitrogen and oxygen atoms in total. The van der Waals surface area contributed by atoms with Gasteiger partial charge in [-0.2, -0.15) is 5.10 Å². The molecule has 0 radical (unpaired) electrons. The van der Waals surface area contributed by atoms with Crippen molar-refractivity contribution in [3.8, 4) is 0 Å². The third-order valence-corrected chi connectivity index (χ3v) is 4.92. The lowest BCUT2D eigenvalue weighted by Crippen LogP contribution is -2.05. The Labute approximate surface area is 172 Å². The van der Waals surface area contributed by atoms with Crippen molar-refractivity contribution < 1.29 is 4.39 Å². The highest BCUT2D eigenvalue weighted by Crippen LogP contribution is 2.23. The van der Waals surface area contributed by atoms with E-state index in [2.05, 4.69) is 48.3 Å². The summed E-state index contributed by atoms with van der Waals surface area (Å²) < 4.78 is 13.3. The van der Waals surface area contributed by atoms with Crippen molar-refractivity contribution in [3.05, 3.63) is 107 Å². The minimum Gasteiger partial charge on any atom is -0.248 e. The van der Waals surface area contributed by atoms with Crippen LogP contribution in [-0.2, 0) is 0 Å². The highest BCUT2D eigenvalue weighted by Gasteiger charge is 2.12. The molecule has 0 aliphatic carbocycles. The van der Waals surface area contributed by atoms with E-state index in [1.807, 2.05) is 54.6 Å². The molecule has 0 bridgehead atoms. The largest absolute Gasteiger partial charge is 0.248 e. The van der Waals surface area contributed by atoms with E-state index in [1.54, 1.807) is 13.1 Å². The number of benzene rings is 3. The van der Waals surface area contributed by atoms with Gasteiger partial charge in [0.05, 0.1) is 12.4 Å². The lowest BCUT2D eigenvalue weighted by molar-refractivity contribution is 0.324. The van der Waals surface area contributed by atoms with Gasteiger partial charge in [0.15, 0.2) is 0 Å². The minimum atomic E-state index is -0.803.